The Kier molecular flexibility index (Phi) is 22.5. The number of thiophene rings is 2. The minimum absolute atomic E-state index is 0.000549. The number of hydrogen-bond acceptors (Lipinski definition) is 15. The van der Waals surface area contributed by atoms with E-state index >= 15 is 0 Å². The number of Topliss-reactive ketones (excluding diaryl/α,β-unsaturated/α-hetero) is 2. The average molecular weight is 1250 g/mol. The number of phenolic OH excluding ortho intramolecular Hbond substituents is 1. The summed E-state index contributed by atoms with van der Waals surface area (Å²) in [5.41, 5.74) is 6.78. The number of phenols is 1. The van der Waals surface area contributed by atoms with Gasteiger partial charge in [0.1, 0.15) is 29.0 Å². The second-order valence-corrected chi connectivity index (χ2v) is 29.0. The highest BCUT2D eigenvalue weighted by atomic mass is 32.1. The van der Waals surface area contributed by atoms with E-state index in [1.54, 1.807) is 92.0 Å². The fourth-order valence-electron chi connectivity index (χ4n) is 9.31. The SMILES string of the molecule is C[C@@H](NC(=O)[C@@H](CC(=O)c1ccc(C(C)(C)C)s1)Cc1ccc(-c2ncc(-c3ccc(O)cc3)cn2)cc1)C(=O)OC(C)(C)C.Cc1ccc(-c2cnc(-c3ccc(C[C@H](CC(=O)c4ccc(C(C)(C)C)s4)C(=O)N[C@H](C)C(=O)OC(C)(C)C)cc3)nc2)cc1. The lowest BCUT2D eigenvalue weighted by molar-refractivity contribution is -0.159. The van der Waals surface area contributed by atoms with Gasteiger partial charge in [-0.3, -0.25) is 19.2 Å². The highest BCUT2D eigenvalue weighted by Gasteiger charge is 2.32. The fourth-order valence-corrected chi connectivity index (χ4v) is 11.3. The average Bonchev–Trinajstić information content (AvgIpc) is 1.61. The quantitative estimate of drug-likeness (QED) is 0.0479. The second kappa shape index (κ2) is 29.4. The van der Waals surface area contributed by atoms with Gasteiger partial charge in [0.05, 0.1) is 9.75 Å². The summed E-state index contributed by atoms with van der Waals surface area (Å²) in [6.45, 7) is 28.5. The van der Waals surface area contributed by atoms with Crippen molar-refractivity contribution in [3.8, 4) is 50.8 Å². The summed E-state index contributed by atoms with van der Waals surface area (Å²) in [6, 6.07) is 36.2. The van der Waals surface area contributed by atoms with Crippen LogP contribution in [-0.2, 0) is 52.3 Å². The van der Waals surface area contributed by atoms with Gasteiger partial charge in [-0.05, 0) is 145 Å². The Hall–Kier alpha value is -8.54. The molecule has 472 valence electrons. The van der Waals surface area contributed by atoms with E-state index in [9.17, 15) is 33.9 Å². The Bertz CT molecular complexity index is 3510. The minimum atomic E-state index is -0.868. The van der Waals surface area contributed by atoms with Crippen molar-refractivity contribution < 1.29 is 43.3 Å². The van der Waals surface area contributed by atoms with Gasteiger partial charge in [0.15, 0.2) is 23.2 Å². The molecule has 0 aliphatic heterocycles. The zero-order valence-electron chi connectivity index (χ0n) is 54.3. The Morgan fingerprint density at radius 1 is 0.444 bits per heavy atom. The number of carbonyl (C=O) groups excluding carboxylic acids is 6. The molecular formula is C73H84N6O9S2. The van der Waals surface area contributed by atoms with Crippen LogP contribution in [0.4, 0.5) is 0 Å². The minimum Gasteiger partial charge on any atom is -0.508 e. The molecule has 4 heterocycles. The smallest absolute Gasteiger partial charge is 0.328 e. The number of ether oxygens (including phenoxy) is 2. The third-order valence-corrected chi connectivity index (χ3v) is 17.5. The molecule has 0 aliphatic rings. The largest absolute Gasteiger partial charge is 0.508 e. The molecule has 0 unspecified atom stereocenters. The van der Waals surface area contributed by atoms with Gasteiger partial charge in [0, 0.05) is 81.5 Å². The van der Waals surface area contributed by atoms with E-state index in [1.807, 2.05) is 85.2 Å². The molecule has 0 bridgehead atoms. The summed E-state index contributed by atoms with van der Waals surface area (Å²) in [5.74, 6) is -2.06. The molecule has 17 heteroatoms. The number of nitrogens with zero attached hydrogens (tertiary/aromatic N) is 4. The van der Waals surface area contributed by atoms with E-state index in [4.69, 9.17) is 9.47 Å². The molecule has 0 spiro atoms. The molecule has 0 saturated heterocycles. The molecular weight excluding hydrogens is 1170 g/mol. The molecule has 3 N–H and O–H groups in total. The zero-order valence-corrected chi connectivity index (χ0v) is 55.9. The molecule has 8 aromatic rings. The molecule has 8 rings (SSSR count). The van der Waals surface area contributed by atoms with Crippen LogP contribution in [0.5, 0.6) is 5.75 Å². The van der Waals surface area contributed by atoms with Gasteiger partial charge in [0.2, 0.25) is 11.8 Å². The Morgan fingerprint density at radius 3 is 1.08 bits per heavy atom. The number of carbonyl (C=O) groups is 6. The Balaban J connectivity index is 0.000000256. The van der Waals surface area contributed by atoms with Crippen molar-refractivity contribution in [2.24, 2.45) is 11.8 Å². The van der Waals surface area contributed by atoms with E-state index in [-0.39, 0.29) is 52.8 Å². The molecule has 4 aromatic heterocycles. The highest BCUT2D eigenvalue weighted by molar-refractivity contribution is 7.14. The van der Waals surface area contributed by atoms with Gasteiger partial charge < -0.3 is 25.2 Å². The first-order chi connectivity index (χ1) is 42.2. The lowest BCUT2D eigenvalue weighted by atomic mass is 9.92. The molecule has 0 saturated carbocycles. The van der Waals surface area contributed by atoms with Gasteiger partial charge in [-0.2, -0.15) is 0 Å². The molecule has 90 heavy (non-hydrogen) atoms. The van der Waals surface area contributed by atoms with Crippen molar-refractivity contribution in [3.05, 3.63) is 182 Å². The topological polar surface area (TPSA) is 217 Å². The Morgan fingerprint density at radius 2 is 0.767 bits per heavy atom. The van der Waals surface area contributed by atoms with Crippen molar-refractivity contribution in [1.29, 1.82) is 0 Å². The number of nitrogens with one attached hydrogen (secondary N) is 2. The van der Waals surface area contributed by atoms with Gasteiger partial charge in [-0.1, -0.05) is 132 Å². The number of rotatable bonds is 20. The van der Waals surface area contributed by atoms with E-state index in [0.717, 1.165) is 54.3 Å². The van der Waals surface area contributed by atoms with Crippen LogP contribution in [0, 0.1) is 18.8 Å². The zero-order chi connectivity index (χ0) is 65.9. The summed E-state index contributed by atoms with van der Waals surface area (Å²) in [7, 11) is 0. The van der Waals surface area contributed by atoms with E-state index in [2.05, 4.69) is 103 Å². The number of esters is 2. The number of amides is 2. The van der Waals surface area contributed by atoms with Crippen LogP contribution in [0.3, 0.4) is 0 Å². The number of benzene rings is 4. The van der Waals surface area contributed by atoms with Crippen LogP contribution in [0.15, 0.2) is 146 Å². The number of aromatic nitrogens is 4. The lowest BCUT2D eigenvalue weighted by Gasteiger charge is -2.24. The standard InChI is InChI=1S/C37H43N3O4S.C36H41N3O5S/c1-23-9-13-26(14-10-23)29-21-38-33(39-22-29)27-15-11-25(12-16-27)19-28(34(42)40-24(2)35(43)44-37(6,7)8)20-30(41)31-17-18-32(45-31)36(3,4)5;1-22(34(43)44-36(5,6)7)39-33(42)26(19-29(41)30-16-17-31(45-30)35(2,3)4)18-23-8-10-25(11-9-23)32-37-20-27(21-38-32)24-12-14-28(40)15-13-24/h9-18,21-22,24,28H,19-20H2,1-8H3,(H,40,42);8-17,20-22,26,40H,18-19H2,1-7H3,(H,39,42)/t24-,28-;22-,26-/m11/s1. The number of hydrogen-bond donors (Lipinski definition) is 3. The van der Waals surface area contributed by atoms with Crippen molar-refractivity contribution in [2.45, 2.75) is 164 Å². The maximum absolute atomic E-state index is 13.5. The van der Waals surface area contributed by atoms with Crippen LogP contribution in [0.25, 0.3) is 45.0 Å². The van der Waals surface area contributed by atoms with Crippen molar-refractivity contribution in [2.75, 3.05) is 0 Å². The number of aryl methyl sites for hydroxylation is 1. The van der Waals surface area contributed by atoms with Crippen molar-refractivity contribution >= 4 is 58.0 Å². The van der Waals surface area contributed by atoms with Gasteiger partial charge >= 0.3 is 11.9 Å². The first-order valence-electron chi connectivity index (χ1n) is 30.2. The third kappa shape index (κ3) is 20.2. The van der Waals surface area contributed by atoms with Crippen LogP contribution in [-0.4, -0.2) is 83.6 Å². The first-order valence-corrected chi connectivity index (χ1v) is 31.8. The second-order valence-electron chi connectivity index (χ2n) is 26.8. The normalized spacial score (nSPS) is 13.1. The highest BCUT2D eigenvalue weighted by Crippen LogP contribution is 2.34. The number of aromatic hydroxyl groups is 1. The lowest BCUT2D eigenvalue weighted by Crippen LogP contribution is -2.45. The Labute approximate surface area is 537 Å². The maximum Gasteiger partial charge on any atom is 0.328 e. The van der Waals surface area contributed by atoms with E-state index in [1.165, 1.54) is 28.2 Å². The van der Waals surface area contributed by atoms with E-state index in [0.29, 0.717) is 34.2 Å². The van der Waals surface area contributed by atoms with Crippen LogP contribution in [0.1, 0.15) is 156 Å². The van der Waals surface area contributed by atoms with E-state index < -0.39 is 47.1 Å². The predicted octanol–water partition coefficient (Wildman–Crippen LogP) is 14.9. The molecule has 0 fully saturated rings. The monoisotopic (exact) mass is 1250 g/mol. The van der Waals surface area contributed by atoms with Gasteiger partial charge in [-0.25, -0.2) is 29.5 Å². The molecule has 15 nitrogen and oxygen atoms in total. The molecule has 0 radical (unpaired) electrons. The molecule has 4 aromatic carbocycles. The fraction of sp³-hybridized carbons (Fsp3) is 0.370. The third-order valence-electron chi connectivity index (χ3n) is 14.4. The summed E-state index contributed by atoms with van der Waals surface area (Å²) in [5, 5.41) is 15.1. The van der Waals surface area contributed by atoms with Crippen molar-refractivity contribution in [3.63, 3.8) is 0 Å². The summed E-state index contributed by atoms with van der Waals surface area (Å²) >= 11 is 2.92. The van der Waals surface area contributed by atoms with Crippen LogP contribution < -0.4 is 10.6 Å². The maximum atomic E-state index is 13.5. The summed E-state index contributed by atoms with van der Waals surface area (Å²) in [4.78, 5) is 101. The molecule has 4 atom stereocenters. The molecule has 0 aliphatic carbocycles. The number of ketones is 2. The molecule has 2 amide bonds. The predicted molar refractivity (Wildman–Crippen MR) is 357 cm³/mol. The first kappa shape index (κ1) is 68.9. The van der Waals surface area contributed by atoms with Crippen LogP contribution >= 0.6 is 22.7 Å². The van der Waals surface area contributed by atoms with Crippen LogP contribution in [0.2, 0.25) is 0 Å². The summed E-state index contributed by atoms with van der Waals surface area (Å²) < 4.78 is 10.9. The van der Waals surface area contributed by atoms with Gasteiger partial charge in [0.25, 0.3) is 0 Å². The summed E-state index contributed by atoms with van der Waals surface area (Å²) in [6.07, 6.45) is 7.73. The van der Waals surface area contributed by atoms with Gasteiger partial charge in [-0.15, -0.1) is 22.7 Å². The van der Waals surface area contributed by atoms with Crippen molar-refractivity contribution in [1.82, 2.24) is 30.6 Å².